The van der Waals surface area contributed by atoms with E-state index in [-0.39, 0.29) is 11.8 Å². The lowest BCUT2D eigenvalue weighted by molar-refractivity contribution is -0.126. The van der Waals surface area contributed by atoms with Crippen LogP contribution < -0.4 is 5.32 Å². The van der Waals surface area contributed by atoms with Gasteiger partial charge in [-0.25, -0.2) is 12.7 Å². The van der Waals surface area contributed by atoms with Crippen molar-refractivity contribution in [1.29, 1.82) is 0 Å². The van der Waals surface area contributed by atoms with Crippen LogP contribution >= 0.6 is 0 Å². The summed E-state index contributed by atoms with van der Waals surface area (Å²) in [4.78, 5) is 14.7. The Morgan fingerprint density at radius 3 is 2.22 bits per heavy atom. The molecule has 0 aromatic heterocycles. The molecule has 134 valence electrons. The Labute approximate surface area is 140 Å². The first-order chi connectivity index (χ1) is 11.0. The molecule has 0 aromatic rings. The van der Waals surface area contributed by atoms with Gasteiger partial charge in [-0.05, 0) is 51.7 Å². The fourth-order valence-corrected chi connectivity index (χ4v) is 4.34. The fraction of sp³-hybridized carbons (Fsp3) is 0.938. The second-order valence-corrected chi connectivity index (χ2v) is 8.82. The molecule has 2 heterocycles. The van der Waals surface area contributed by atoms with E-state index in [1.54, 1.807) is 0 Å². The van der Waals surface area contributed by atoms with Crippen LogP contribution in [0.2, 0.25) is 0 Å². The van der Waals surface area contributed by atoms with E-state index in [1.165, 1.54) is 49.3 Å². The second kappa shape index (κ2) is 8.99. The molecule has 0 aliphatic carbocycles. The second-order valence-electron chi connectivity index (χ2n) is 6.84. The van der Waals surface area contributed by atoms with Crippen LogP contribution in [0.15, 0.2) is 0 Å². The first kappa shape index (κ1) is 18.7. The summed E-state index contributed by atoms with van der Waals surface area (Å²) in [6.45, 7) is 5.10. The summed E-state index contributed by atoms with van der Waals surface area (Å²) in [5.41, 5.74) is 0. The maximum atomic E-state index is 12.2. The Kier molecular flexibility index (Phi) is 7.30. The number of likely N-dealkylation sites (tertiary alicyclic amines) is 1. The third-order valence-corrected chi connectivity index (χ3v) is 6.25. The number of rotatable bonds is 6. The number of nitrogens with one attached hydrogen (secondary N) is 1. The van der Waals surface area contributed by atoms with Crippen molar-refractivity contribution in [2.45, 2.75) is 44.9 Å². The van der Waals surface area contributed by atoms with Crippen LogP contribution in [-0.2, 0) is 14.8 Å². The highest BCUT2D eigenvalue weighted by Crippen LogP contribution is 2.19. The lowest BCUT2D eigenvalue weighted by Crippen LogP contribution is -2.43. The summed E-state index contributed by atoms with van der Waals surface area (Å²) in [7, 11) is -3.12. The van der Waals surface area contributed by atoms with Crippen LogP contribution in [0.3, 0.4) is 0 Å². The Bertz CT molecular complexity index is 465. The van der Waals surface area contributed by atoms with Crippen molar-refractivity contribution in [2.75, 3.05) is 45.5 Å². The number of sulfonamides is 1. The number of hydrogen-bond donors (Lipinski definition) is 1. The molecule has 0 spiro atoms. The van der Waals surface area contributed by atoms with Gasteiger partial charge in [-0.15, -0.1) is 0 Å². The Morgan fingerprint density at radius 1 is 1.04 bits per heavy atom. The summed E-state index contributed by atoms with van der Waals surface area (Å²) >= 11 is 0. The molecular formula is C16H31N3O3S. The van der Waals surface area contributed by atoms with Gasteiger partial charge in [0.1, 0.15) is 0 Å². The van der Waals surface area contributed by atoms with Gasteiger partial charge in [-0.3, -0.25) is 4.79 Å². The lowest BCUT2D eigenvalue weighted by Gasteiger charge is -2.29. The third-order valence-electron chi connectivity index (χ3n) is 4.94. The number of carbonyl (C=O) groups is 1. The molecule has 0 aromatic carbocycles. The Balaban J connectivity index is 1.60. The van der Waals surface area contributed by atoms with Gasteiger partial charge < -0.3 is 10.2 Å². The maximum Gasteiger partial charge on any atom is 0.223 e. The predicted molar refractivity (Wildman–Crippen MR) is 91.7 cm³/mol. The standard InChI is InChI=1S/C16H31N3O3S/c1-23(21,22)19-13-7-15(8-14-19)16(20)17-9-6-12-18-10-4-2-3-5-11-18/h15H,2-14H2,1H3,(H,17,20). The van der Waals surface area contributed by atoms with Crippen molar-refractivity contribution in [3.05, 3.63) is 0 Å². The molecule has 23 heavy (non-hydrogen) atoms. The molecule has 0 saturated carbocycles. The molecule has 2 aliphatic heterocycles. The molecule has 0 radical (unpaired) electrons. The zero-order valence-corrected chi connectivity index (χ0v) is 15.1. The molecule has 2 rings (SSSR count). The smallest absolute Gasteiger partial charge is 0.223 e. The zero-order chi connectivity index (χ0) is 16.7. The number of hydrogen-bond acceptors (Lipinski definition) is 4. The van der Waals surface area contributed by atoms with E-state index >= 15 is 0 Å². The Hall–Kier alpha value is -0.660. The predicted octanol–water partition coefficient (Wildman–Crippen LogP) is 1.04. The summed E-state index contributed by atoms with van der Waals surface area (Å²) in [5, 5.41) is 3.03. The minimum absolute atomic E-state index is 0.0359. The van der Waals surface area contributed by atoms with E-state index in [0.29, 0.717) is 25.9 Å². The molecular weight excluding hydrogens is 314 g/mol. The molecule has 1 amide bonds. The van der Waals surface area contributed by atoms with E-state index in [1.807, 2.05) is 0 Å². The zero-order valence-electron chi connectivity index (χ0n) is 14.3. The molecule has 0 bridgehead atoms. The average molecular weight is 346 g/mol. The van der Waals surface area contributed by atoms with Gasteiger partial charge in [-0.2, -0.15) is 0 Å². The number of piperidine rings is 1. The van der Waals surface area contributed by atoms with Gasteiger partial charge in [0.05, 0.1) is 6.26 Å². The first-order valence-corrected chi connectivity index (χ1v) is 10.8. The van der Waals surface area contributed by atoms with Crippen LogP contribution in [0.5, 0.6) is 0 Å². The van der Waals surface area contributed by atoms with Crippen molar-refractivity contribution >= 4 is 15.9 Å². The monoisotopic (exact) mass is 345 g/mol. The largest absolute Gasteiger partial charge is 0.356 e. The topological polar surface area (TPSA) is 69.7 Å². The summed E-state index contributed by atoms with van der Waals surface area (Å²) in [5.74, 6) is 0.0557. The first-order valence-electron chi connectivity index (χ1n) is 8.92. The maximum absolute atomic E-state index is 12.2. The van der Waals surface area contributed by atoms with Crippen molar-refractivity contribution < 1.29 is 13.2 Å². The molecule has 2 fully saturated rings. The lowest BCUT2D eigenvalue weighted by atomic mass is 9.97. The number of nitrogens with zero attached hydrogens (tertiary/aromatic N) is 2. The molecule has 7 heteroatoms. The van der Waals surface area contributed by atoms with E-state index in [4.69, 9.17) is 0 Å². The van der Waals surface area contributed by atoms with E-state index in [0.717, 1.165) is 19.5 Å². The third kappa shape index (κ3) is 6.39. The van der Waals surface area contributed by atoms with Crippen LogP contribution in [0.1, 0.15) is 44.9 Å². The van der Waals surface area contributed by atoms with Gasteiger partial charge in [0.2, 0.25) is 15.9 Å². The molecule has 6 nitrogen and oxygen atoms in total. The number of amides is 1. The molecule has 0 unspecified atom stereocenters. The molecule has 0 atom stereocenters. The highest BCUT2D eigenvalue weighted by Gasteiger charge is 2.28. The van der Waals surface area contributed by atoms with Crippen molar-refractivity contribution in [1.82, 2.24) is 14.5 Å². The van der Waals surface area contributed by atoms with Crippen LogP contribution in [0.4, 0.5) is 0 Å². The highest BCUT2D eigenvalue weighted by molar-refractivity contribution is 7.88. The quantitative estimate of drug-likeness (QED) is 0.730. The van der Waals surface area contributed by atoms with E-state index < -0.39 is 10.0 Å². The normalized spacial score (nSPS) is 22.7. The minimum Gasteiger partial charge on any atom is -0.356 e. The van der Waals surface area contributed by atoms with Gasteiger partial charge in [0.25, 0.3) is 0 Å². The van der Waals surface area contributed by atoms with E-state index in [9.17, 15) is 13.2 Å². The highest BCUT2D eigenvalue weighted by atomic mass is 32.2. The van der Waals surface area contributed by atoms with Crippen LogP contribution in [-0.4, -0.2) is 69.1 Å². The van der Waals surface area contributed by atoms with Crippen molar-refractivity contribution in [3.8, 4) is 0 Å². The van der Waals surface area contributed by atoms with Gasteiger partial charge in [0.15, 0.2) is 0 Å². The van der Waals surface area contributed by atoms with Gasteiger partial charge in [-0.1, -0.05) is 12.8 Å². The van der Waals surface area contributed by atoms with Gasteiger partial charge >= 0.3 is 0 Å². The van der Waals surface area contributed by atoms with Crippen molar-refractivity contribution in [3.63, 3.8) is 0 Å². The van der Waals surface area contributed by atoms with Crippen LogP contribution in [0.25, 0.3) is 0 Å². The van der Waals surface area contributed by atoms with Gasteiger partial charge in [0, 0.05) is 25.6 Å². The Morgan fingerprint density at radius 2 is 1.65 bits per heavy atom. The summed E-state index contributed by atoms with van der Waals surface area (Å²) in [6.07, 6.45) is 8.77. The number of carbonyl (C=O) groups excluding carboxylic acids is 1. The SMILES string of the molecule is CS(=O)(=O)N1CCC(C(=O)NCCCN2CCCCCC2)CC1. The van der Waals surface area contributed by atoms with E-state index in [2.05, 4.69) is 10.2 Å². The fourth-order valence-electron chi connectivity index (χ4n) is 3.47. The molecule has 2 saturated heterocycles. The molecule has 2 aliphatic rings. The summed E-state index contributed by atoms with van der Waals surface area (Å²) in [6, 6.07) is 0. The average Bonchev–Trinajstić information content (AvgIpc) is 2.79. The molecule has 1 N–H and O–H groups in total. The van der Waals surface area contributed by atoms with Crippen LogP contribution in [0, 0.1) is 5.92 Å². The summed E-state index contributed by atoms with van der Waals surface area (Å²) < 4.78 is 24.4. The minimum atomic E-state index is -3.12. The van der Waals surface area contributed by atoms with Crippen molar-refractivity contribution in [2.24, 2.45) is 5.92 Å².